The Bertz CT molecular complexity index is 391. The Morgan fingerprint density at radius 1 is 0.750 bits per heavy atom. The molecule has 5 nitrogen and oxygen atoms in total. The van der Waals surface area contributed by atoms with Crippen molar-refractivity contribution in [3.8, 4) is 0 Å². The molecule has 0 fully saturated rings. The Kier molecular flexibility index (Phi) is 18.5. The first-order valence-corrected chi connectivity index (χ1v) is 13.9. The minimum atomic E-state index is -3.88. The van der Waals surface area contributed by atoms with Crippen LogP contribution in [0.2, 0.25) is 0 Å². The van der Waals surface area contributed by atoms with E-state index in [0.29, 0.717) is 17.6 Å². The van der Waals surface area contributed by atoms with E-state index >= 15 is 0 Å². The standard InChI is InChI=1S/C21H46NO4PS/c1-5-6-7-8-12-15-20-28-21-16-13-10-9-11-14-18-25-27(23,24)26-19-17-22(2,3)4/h5-21H2,1-4H3/p+1. The van der Waals surface area contributed by atoms with E-state index in [4.69, 9.17) is 9.05 Å². The van der Waals surface area contributed by atoms with Gasteiger partial charge in [-0.05, 0) is 30.8 Å². The van der Waals surface area contributed by atoms with E-state index in [1.807, 2.05) is 21.1 Å². The van der Waals surface area contributed by atoms with Crippen LogP contribution in [0.1, 0.15) is 84.0 Å². The number of hydrogen-bond donors (Lipinski definition) is 1. The summed E-state index contributed by atoms with van der Waals surface area (Å²) in [6.45, 7) is 3.47. The third kappa shape index (κ3) is 22.7. The fourth-order valence-electron chi connectivity index (χ4n) is 2.75. The quantitative estimate of drug-likeness (QED) is 0.130. The summed E-state index contributed by atoms with van der Waals surface area (Å²) >= 11 is 2.11. The normalized spacial score (nSPS) is 14.3. The van der Waals surface area contributed by atoms with E-state index < -0.39 is 7.82 Å². The van der Waals surface area contributed by atoms with Crippen LogP contribution < -0.4 is 0 Å². The van der Waals surface area contributed by atoms with Crippen LogP contribution in [0.3, 0.4) is 0 Å². The fraction of sp³-hybridized carbons (Fsp3) is 1.00. The molecule has 0 aliphatic heterocycles. The molecule has 0 aromatic heterocycles. The second kappa shape index (κ2) is 18.2. The monoisotopic (exact) mass is 440 g/mol. The molecule has 0 bridgehead atoms. The summed E-state index contributed by atoms with van der Waals surface area (Å²) in [7, 11) is 2.16. The number of quaternary nitrogens is 1. The molecular formula is C21H47NO4PS+. The number of nitrogens with zero attached hydrogens (tertiary/aromatic N) is 1. The lowest BCUT2D eigenvalue weighted by molar-refractivity contribution is -0.870. The van der Waals surface area contributed by atoms with Crippen LogP contribution in [0.4, 0.5) is 0 Å². The van der Waals surface area contributed by atoms with Gasteiger partial charge in [-0.2, -0.15) is 11.8 Å². The number of hydrogen-bond acceptors (Lipinski definition) is 4. The van der Waals surface area contributed by atoms with Gasteiger partial charge in [-0.25, -0.2) is 4.57 Å². The largest absolute Gasteiger partial charge is 0.472 e. The summed E-state index contributed by atoms with van der Waals surface area (Å²) in [4.78, 5) is 9.63. The lowest BCUT2D eigenvalue weighted by Crippen LogP contribution is -2.37. The van der Waals surface area contributed by atoms with E-state index in [1.165, 1.54) is 75.7 Å². The van der Waals surface area contributed by atoms with Gasteiger partial charge in [-0.15, -0.1) is 0 Å². The van der Waals surface area contributed by atoms with Crippen molar-refractivity contribution in [2.75, 3.05) is 52.4 Å². The van der Waals surface area contributed by atoms with Gasteiger partial charge in [0.1, 0.15) is 13.2 Å². The van der Waals surface area contributed by atoms with Gasteiger partial charge in [0.2, 0.25) is 0 Å². The van der Waals surface area contributed by atoms with E-state index in [0.717, 1.165) is 12.8 Å². The van der Waals surface area contributed by atoms with E-state index in [9.17, 15) is 9.46 Å². The van der Waals surface area contributed by atoms with Crippen LogP contribution in [-0.2, 0) is 13.6 Å². The van der Waals surface area contributed by atoms with E-state index in [1.54, 1.807) is 0 Å². The van der Waals surface area contributed by atoms with Crippen molar-refractivity contribution in [2.24, 2.45) is 0 Å². The van der Waals surface area contributed by atoms with Crippen molar-refractivity contribution < 1.29 is 23.0 Å². The first-order chi connectivity index (χ1) is 13.3. The molecule has 1 atom stereocenters. The molecule has 0 aromatic carbocycles. The molecule has 1 N–H and O–H groups in total. The van der Waals surface area contributed by atoms with Gasteiger partial charge in [-0.3, -0.25) is 9.05 Å². The van der Waals surface area contributed by atoms with Crippen molar-refractivity contribution in [3.63, 3.8) is 0 Å². The van der Waals surface area contributed by atoms with Crippen LogP contribution in [0.15, 0.2) is 0 Å². The number of unbranched alkanes of at least 4 members (excludes halogenated alkanes) is 10. The predicted molar refractivity (Wildman–Crippen MR) is 123 cm³/mol. The molecule has 0 aliphatic carbocycles. The molecule has 1 unspecified atom stereocenters. The Balaban J connectivity index is 3.29. The van der Waals surface area contributed by atoms with E-state index in [-0.39, 0.29) is 6.61 Å². The highest BCUT2D eigenvalue weighted by Crippen LogP contribution is 2.43. The molecule has 0 aliphatic rings. The summed E-state index contributed by atoms with van der Waals surface area (Å²) in [6, 6.07) is 0. The zero-order valence-electron chi connectivity index (χ0n) is 19.0. The van der Waals surface area contributed by atoms with Crippen molar-refractivity contribution in [2.45, 2.75) is 84.0 Å². The first kappa shape index (κ1) is 28.4. The Hall–Kier alpha value is 0.420. The van der Waals surface area contributed by atoms with Crippen LogP contribution in [-0.4, -0.2) is 61.8 Å². The molecule has 170 valence electrons. The van der Waals surface area contributed by atoms with Crippen molar-refractivity contribution >= 4 is 19.6 Å². The molecule has 0 amide bonds. The minimum Gasteiger partial charge on any atom is -0.329 e. The molecule has 0 aromatic rings. The minimum absolute atomic E-state index is 0.230. The number of phosphoric acid groups is 1. The topological polar surface area (TPSA) is 55.8 Å². The summed E-state index contributed by atoms with van der Waals surface area (Å²) in [5, 5.41) is 0. The molecule has 0 heterocycles. The van der Waals surface area contributed by atoms with Gasteiger partial charge in [0.05, 0.1) is 27.7 Å². The number of thioether (sulfide) groups is 1. The molecule has 0 spiro atoms. The van der Waals surface area contributed by atoms with Gasteiger partial charge in [-0.1, -0.05) is 64.7 Å². The summed E-state index contributed by atoms with van der Waals surface area (Å²) < 4.78 is 22.5. The van der Waals surface area contributed by atoms with Crippen molar-refractivity contribution in [1.29, 1.82) is 0 Å². The Labute approximate surface area is 179 Å². The van der Waals surface area contributed by atoms with Gasteiger partial charge >= 0.3 is 7.82 Å². The molecule has 7 heteroatoms. The fourth-order valence-corrected chi connectivity index (χ4v) is 4.51. The third-order valence-corrected chi connectivity index (χ3v) is 6.77. The molecular weight excluding hydrogens is 393 g/mol. The zero-order chi connectivity index (χ0) is 21.1. The summed E-state index contributed by atoms with van der Waals surface area (Å²) in [6.07, 6.45) is 15.2. The van der Waals surface area contributed by atoms with Crippen LogP contribution >= 0.6 is 19.6 Å². The van der Waals surface area contributed by atoms with Gasteiger partial charge in [0.25, 0.3) is 0 Å². The maximum Gasteiger partial charge on any atom is 0.472 e. The van der Waals surface area contributed by atoms with Crippen molar-refractivity contribution in [3.05, 3.63) is 0 Å². The molecule has 0 rings (SSSR count). The van der Waals surface area contributed by atoms with E-state index in [2.05, 4.69) is 18.7 Å². The number of rotatable bonds is 21. The second-order valence-electron chi connectivity index (χ2n) is 8.65. The van der Waals surface area contributed by atoms with Gasteiger partial charge < -0.3 is 9.38 Å². The number of phosphoric ester groups is 1. The van der Waals surface area contributed by atoms with Gasteiger partial charge in [0.15, 0.2) is 0 Å². The summed E-state index contributed by atoms with van der Waals surface area (Å²) in [5.74, 6) is 2.61. The van der Waals surface area contributed by atoms with Crippen molar-refractivity contribution in [1.82, 2.24) is 0 Å². The molecule has 28 heavy (non-hydrogen) atoms. The average Bonchev–Trinajstić information content (AvgIpc) is 2.60. The third-order valence-electron chi connectivity index (χ3n) is 4.60. The van der Waals surface area contributed by atoms with Crippen LogP contribution in [0.5, 0.6) is 0 Å². The molecule has 0 saturated heterocycles. The lowest BCUT2D eigenvalue weighted by Gasteiger charge is -2.24. The lowest BCUT2D eigenvalue weighted by atomic mass is 10.1. The highest BCUT2D eigenvalue weighted by Gasteiger charge is 2.21. The first-order valence-electron chi connectivity index (χ1n) is 11.3. The Morgan fingerprint density at radius 2 is 1.21 bits per heavy atom. The summed E-state index contributed by atoms with van der Waals surface area (Å²) in [5.41, 5.74) is 0. The highest BCUT2D eigenvalue weighted by molar-refractivity contribution is 7.99. The number of likely N-dealkylation sites (N-methyl/N-ethyl adjacent to an activating group) is 1. The zero-order valence-corrected chi connectivity index (χ0v) is 20.7. The van der Waals surface area contributed by atoms with Crippen LogP contribution in [0.25, 0.3) is 0 Å². The molecule has 0 saturated carbocycles. The average molecular weight is 441 g/mol. The highest BCUT2D eigenvalue weighted by atomic mass is 32.2. The predicted octanol–water partition coefficient (Wildman–Crippen LogP) is 6.26. The SMILES string of the molecule is CCCCCCCCSCCCCCCCCOP(=O)(O)OCC[N+](C)(C)C. The smallest absolute Gasteiger partial charge is 0.329 e. The Morgan fingerprint density at radius 3 is 1.75 bits per heavy atom. The maximum atomic E-state index is 11.7. The van der Waals surface area contributed by atoms with Crippen LogP contribution in [0, 0.1) is 0 Å². The van der Waals surface area contributed by atoms with Gasteiger partial charge in [0, 0.05) is 0 Å². The molecule has 0 radical (unpaired) electrons. The maximum absolute atomic E-state index is 11.7. The second-order valence-corrected chi connectivity index (χ2v) is 11.3.